The van der Waals surface area contributed by atoms with Crippen LogP contribution in [0.3, 0.4) is 0 Å². The van der Waals surface area contributed by atoms with Gasteiger partial charge in [-0.2, -0.15) is 0 Å². The van der Waals surface area contributed by atoms with Crippen molar-refractivity contribution in [3.63, 3.8) is 0 Å². The summed E-state index contributed by atoms with van der Waals surface area (Å²) in [7, 11) is 4.13. The second kappa shape index (κ2) is 4.61. The fourth-order valence-electron chi connectivity index (χ4n) is 1.95. The summed E-state index contributed by atoms with van der Waals surface area (Å²) in [6, 6.07) is 0. The highest BCUT2D eigenvalue weighted by atomic mass is 16.2. The van der Waals surface area contributed by atoms with Crippen LogP contribution in [-0.4, -0.2) is 49.4 Å². The summed E-state index contributed by atoms with van der Waals surface area (Å²) in [6.07, 6.45) is 1.91. The second-order valence-corrected chi connectivity index (χ2v) is 4.09. The Bertz CT molecular complexity index is 180. The summed E-state index contributed by atoms with van der Waals surface area (Å²) in [5.74, 6) is 0.908. The van der Waals surface area contributed by atoms with Gasteiger partial charge in [0.25, 0.3) is 0 Å². The van der Waals surface area contributed by atoms with Crippen LogP contribution in [0, 0.1) is 5.92 Å². The van der Waals surface area contributed by atoms with Crippen molar-refractivity contribution in [3.8, 4) is 0 Å². The Balaban J connectivity index is 2.37. The van der Waals surface area contributed by atoms with Gasteiger partial charge in [-0.1, -0.05) is 0 Å². The standard InChI is InChI=1S/C10H20N2O/c1-4-12-6-5-9(7-10(12)13)8-11(2)3/h9H,4-8H2,1-3H3. The first-order chi connectivity index (χ1) is 6.13. The first-order valence-corrected chi connectivity index (χ1v) is 5.06. The van der Waals surface area contributed by atoms with Gasteiger partial charge in [0.05, 0.1) is 0 Å². The lowest BCUT2D eigenvalue weighted by atomic mass is 9.96. The Labute approximate surface area is 80.7 Å². The van der Waals surface area contributed by atoms with Crippen molar-refractivity contribution in [2.24, 2.45) is 5.92 Å². The van der Waals surface area contributed by atoms with E-state index in [2.05, 4.69) is 19.0 Å². The number of rotatable bonds is 3. The van der Waals surface area contributed by atoms with E-state index in [1.165, 1.54) is 0 Å². The first-order valence-electron chi connectivity index (χ1n) is 5.06. The predicted octanol–water partition coefficient (Wildman–Crippen LogP) is 0.806. The normalized spacial score (nSPS) is 24.2. The molecule has 1 heterocycles. The van der Waals surface area contributed by atoms with Gasteiger partial charge in [-0.05, 0) is 33.4 Å². The molecule has 0 bridgehead atoms. The van der Waals surface area contributed by atoms with Gasteiger partial charge in [0.2, 0.25) is 5.91 Å². The molecule has 0 radical (unpaired) electrons. The Morgan fingerprint density at radius 1 is 1.54 bits per heavy atom. The van der Waals surface area contributed by atoms with Crippen LogP contribution < -0.4 is 0 Å². The molecule has 3 nitrogen and oxygen atoms in total. The monoisotopic (exact) mass is 184 g/mol. The summed E-state index contributed by atoms with van der Waals surface area (Å²) in [4.78, 5) is 15.6. The summed E-state index contributed by atoms with van der Waals surface area (Å²) in [5.41, 5.74) is 0. The van der Waals surface area contributed by atoms with Crippen molar-refractivity contribution in [2.75, 3.05) is 33.7 Å². The molecule has 13 heavy (non-hydrogen) atoms. The summed E-state index contributed by atoms with van der Waals surface area (Å²) >= 11 is 0. The maximum absolute atomic E-state index is 11.5. The van der Waals surface area contributed by atoms with E-state index in [-0.39, 0.29) is 0 Å². The zero-order chi connectivity index (χ0) is 9.84. The zero-order valence-electron chi connectivity index (χ0n) is 8.92. The lowest BCUT2D eigenvalue weighted by Gasteiger charge is -2.32. The van der Waals surface area contributed by atoms with E-state index in [9.17, 15) is 4.79 Å². The van der Waals surface area contributed by atoms with Gasteiger partial charge >= 0.3 is 0 Å². The smallest absolute Gasteiger partial charge is 0.222 e. The first kappa shape index (κ1) is 10.5. The van der Waals surface area contributed by atoms with Crippen molar-refractivity contribution in [1.82, 2.24) is 9.80 Å². The Hall–Kier alpha value is -0.570. The molecule has 1 aliphatic heterocycles. The van der Waals surface area contributed by atoms with Crippen LogP contribution in [-0.2, 0) is 4.79 Å². The summed E-state index contributed by atoms with van der Waals surface area (Å²) < 4.78 is 0. The molecule has 1 fully saturated rings. The molecule has 76 valence electrons. The Morgan fingerprint density at radius 3 is 2.69 bits per heavy atom. The molecule has 0 spiro atoms. The van der Waals surface area contributed by atoms with E-state index in [1.54, 1.807) is 0 Å². The molecule has 1 unspecified atom stereocenters. The molecule has 1 saturated heterocycles. The molecule has 0 aromatic carbocycles. The van der Waals surface area contributed by atoms with Gasteiger partial charge in [-0.15, -0.1) is 0 Å². The topological polar surface area (TPSA) is 23.6 Å². The third-order valence-electron chi connectivity index (χ3n) is 2.63. The van der Waals surface area contributed by atoms with Crippen LogP contribution in [0.15, 0.2) is 0 Å². The maximum Gasteiger partial charge on any atom is 0.222 e. The number of hydrogen-bond donors (Lipinski definition) is 0. The van der Waals surface area contributed by atoms with Crippen LogP contribution >= 0.6 is 0 Å². The molecule has 1 amide bonds. The van der Waals surface area contributed by atoms with Crippen LogP contribution in [0.25, 0.3) is 0 Å². The van der Waals surface area contributed by atoms with E-state index in [0.717, 1.165) is 32.5 Å². The molecule has 1 atom stereocenters. The summed E-state index contributed by atoms with van der Waals surface area (Å²) in [6.45, 7) is 4.91. The fourth-order valence-corrected chi connectivity index (χ4v) is 1.95. The van der Waals surface area contributed by atoms with Crippen LogP contribution in [0.5, 0.6) is 0 Å². The van der Waals surface area contributed by atoms with Crippen molar-refractivity contribution in [1.29, 1.82) is 0 Å². The van der Waals surface area contributed by atoms with E-state index in [1.807, 2.05) is 11.8 Å². The number of piperidine rings is 1. The number of likely N-dealkylation sites (tertiary alicyclic amines) is 1. The van der Waals surface area contributed by atoms with Crippen molar-refractivity contribution < 1.29 is 4.79 Å². The molecule has 1 aliphatic rings. The molecular formula is C10H20N2O. The maximum atomic E-state index is 11.5. The average Bonchev–Trinajstić information content (AvgIpc) is 2.03. The van der Waals surface area contributed by atoms with Crippen molar-refractivity contribution in [3.05, 3.63) is 0 Å². The molecule has 3 heteroatoms. The minimum Gasteiger partial charge on any atom is -0.343 e. The van der Waals surface area contributed by atoms with Crippen molar-refractivity contribution >= 4 is 5.91 Å². The molecule has 0 aromatic rings. The number of carbonyl (C=O) groups is 1. The molecule has 0 aromatic heterocycles. The minimum atomic E-state index is 0.334. The van der Waals surface area contributed by atoms with E-state index < -0.39 is 0 Å². The number of hydrogen-bond acceptors (Lipinski definition) is 2. The predicted molar refractivity (Wildman–Crippen MR) is 53.5 cm³/mol. The SMILES string of the molecule is CCN1CCC(CN(C)C)CC1=O. The van der Waals surface area contributed by atoms with Gasteiger partial charge in [0, 0.05) is 26.1 Å². The van der Waals surface area contributed by atoms with Gasteiger partial charge in [-0.3, -0.25) is 4.79 Å². The van der Waals surface area contributed by atoms with Gasteiger partial charge in [0.15, 0.2) is 0 Å². The highest BCUT2D eigenvalue weighted by Crippen LogP contribution is 2.18. The lowest BCUT2D eigenvalue weighted by molar-refractivity contribution is -0.134. The third-order valence-corrected chi connectivity index (χ3v) is 2.63. The fraction of sp³-hybridized carbons (Fsp3) is 0.900. The molecule has 0 saturated carbocycles. The van der Waals surface area contributed by atoms with Gasteiger partial charge in [-0.25, -0.2) is 0 Å². The van der Waals surface area contributed by atoms with Gasteiger partial charge in [0.1, 0.15) is 0 Å². The highest BCUT2D eigenvalue weighted by Gasteiger charge is 2.24. The highest BCUT2D eigenvalue weighted by molar-refractivity contribution is 5.77. The van der Waals surface area contributed by atoms with Crippen LogP contribution in [0.4, 0.5) is 0 Å². The largest absolute Gasteiger partial charge is 0.343 e. The Kier molecular flexibility index (Phi) is 3.72. The number of nitrogens with zero attached hydrogens (tertiary/aromatic N) is 2. The zero-order valence-corrected chi connectivity index (χ0v) is 8.92. The van der Waals surface area contributed by atoms with Crippen molar-refractivity contribution in [2.45, 2.75) is 19.8 Å². The Morgan fingerprint density at radius 2 is 2.23 bits per heavy atom. The van der Waals surface area contributed by atoms with E-state index >= 15 is 0 Å². The third kappa shape index (κ3) is 2.99. The minimum absolute atomic E-state index is 0.334. The van der Waals surface area contributed by atoms with Crippen LogP contribution in [0.2, 0.25) is 0 Å². The van der Waals surface area contributed by atoms with Crippen LogP contribution in [0.1, 0.15) is 19.8 Å². The summed E-state index contributed by atoms with van der Waals surface area (Å²) in [5, 5.41) is 0. The number of carbonyl (C=O) groups excluding carboxylic acids is 1. The van der Waals surface area contributed by atoms with E-state index in [4.69, 9.17) is 0 Å². The lowest BCUT2D eigenvalue weighted by Crippen LogP contribution is -2.41. The molecule has 1 rings (SSSR count). The van der Waals surface area contributed by atoms with Gasteiger partial charge < -0.3 is 9.80 Å². The molecule has 0 N–H and O–H groups in total. The molecular weight excluding hydrogens is 164 g/mol. The van der Waals surface area contributed by atoms with E-state index in [0.29, 0.717) is 11.8 Å². The number of amides is 1. The quantitative estimate of drug-likeness (QED) is 0.648. The molecule has 0 aliphatic carbocycles. The second-order valence-electron chi connectivity index (χ2n) is 4.09. The average molecular weight is 184 g/mol.